The van der Waals surface area contributed by atoms with Crippen LogP contribution < -0.4 is 10.1 Å². The van der Waals surface area contributed by atoms with Crippen molar-refractivity contribution in [3.05, 3.63) is 71.4 Å². The monoisotopic (exact) mass is 446 g/mol. The summed E-state index contributed by atoms with van der Waals surface area (Å²) in [6.07, 6.45) is 7.62. The molecule has 0 saturated carbocycles. The van der Waals surface area contributed by atoms with Crippen LogP contribution in [-0.2, 0) is 0 Å². The molecule has 0 bridgehead atoms. The van der Waals surface area contributed by atoms with Crippen LogP contribution in [0.1, 0.15) is 47.7 Å². The minimum absolute atomic E-state index is 0.168. The Morgan fingerprint density at radius 1 is 1.18 bits per heavy atom. The molecule has 0 fully saturated rings. The van der Waals surface area contributed by atoms with Gasteiger partial charge in [0, 0.05) is 35.6 Å². The van der Waals surface area contributed by atoms with Crippen LogP contribution in [0.4, 0.5) is 15.9 Å². The van der Waals surface area contributed by atoms with Gasteiger partial charge in [-0.05, 0) is 61.7 Å². The number of anilines is 2. The molecule has 2 heterocycles. The number of ketones is 1. The number of benzene rings is 2. The van der Waals surface area contributed by atoms with Crippen molar-refractivity contribution in [1.82, 2.24) is 14.4 Å². The molecule has 170 valence electrons. The number of methoxy groups -OCH3 is 1. The molecule has 0 unspecified atom stereocenters. The summed E-state index contributed by atoms with van der Waals surface area (Å²) in [5, 5.41) is 3.31. The van der Waals surface area contributed by atoms with E-state index in [1.807, 2.05) is 35.6 Å². The van der Waals surface area contributed by atoms with Gasteiger partial charge in [0.15, 0.2) is 28.8 Å². The summed E-state index contributed by atoms with van der Waals surface area (Å²) < 4.78 is 21.6. The molecule has 0 spiro atoms. The van der Waals surface area contributed by atoms with Crippen molar-refractivity contribution in [2.24, 2.45) is 0 Å². The molecule has 0 aliphatic carbocycles. The zero-order valence-corrected chi connectivity index (χ0v) is 19.3. The molecule has 6 nitrogen and oxygen atoms in total. The van der Waals surface area contributed by atoms with Crippen molar-refractivity contribution < 1.29 is 13.9 Å². The molecule has 7 heteroatoms. The molecular formula is C26H27FN4O2. The fraction of sp³-hybridized carbons (Fsp3) is 0.269. The first-order valence-corrected chi connectivity index (χ1v) is 11.0. The third-order valence-electron chi connectivity index (χ3n) is 5.82. The largest absolute Gasteiger partial charge is 0.494 e. The van der Waals surface area contributed by atoms with E-state index in [-0.39, 0.29) is 17.3 Å². The van der Waals surface area contributed by atoms with Crippen LogP contribution in [0, 0.1) is 19.7 Å². The zero-order valence-electron chi connectivity index (χ0n) is 19.3. The van der Waals surface area contributed by atoms with Crippen LogP contribution in [0.3, 0.4) is 0 Å². The molecule has 0 amide bonds. The zero-order chi connectivity index (χ0) is 23.5. The minimum Gasteiger partial charge on any atom is -0.494 e. The Morgan fingerprint density at radius 3 is 2.73 bits per heavy atom. The normalized spacial score (nSPS) is 11.1. The predicted molar refractivity (Wildman–Crippen MR) is 128 cm³/mol. The number of ether oxygens (including phenoxy) is 1. The number of hydrogen-bond donors (Lipinski definition) is 1. The maximum atomic E-state index is 14.6. The van der Waals surface area contributed by atoms with E-state index in [9.17, 15) is 9.18 Å². The number of carbonyl (C=O) groups excluding carboxylic acids is 1. The minimum atomic E-state index is -0.388. The Labute approximate surface area is 192 Å². The molecule has 0 radical (unpaired) electrons. The Balaban J connectivity index is 1.66. The molecule has 0 aliphatic rings. The summed E-state index contributed by atoms with van der Waals surface area (Å²) in [5.41, 5.74) is 5.06. The van der Waals surface area contributed by atoms with Gasteiger partial charge in [-0.1, -0.05) is 13.3 Å². The number of aromatic nitrogens is 3. The van der Waals surface area contributed by atoms with E-state index in [0.29, 0.717) is 23.4 Å². The maximum Gasteiger partial charge on any atom is 0.180 e. The predicted octanol–water partition coefficient (Wildman–Crippen LogP) is 6.28. The Bertz CT molecular complexity index is 1330. The lowest BCUT2D eigenvalue weighted by atomic mass is 10.0. The SMILES string of the molecule is CCCCC(=O)c1ccc(Nc2nccn3c(-c4ccc(OC)c(F)c4C)cnc23)cc1C. The molecule has 1 N–H and O–H groups in total. The van der Waals surface area contributed by atoms with Gasteiger partial charge >= 0.3 is 0 Å². The van der Waals surface area contributed by atoms with E-state index in [1.165, 1.54) is 7.11 Å². The number of unbranched alkanes of at least 4 members (excludes halogenated alkanes) is 1. The Morgan fingerprint density at radius 2 is 2.00 bits per heavy atom. The molecule has 33 heavy (non-hydrogen) atoms. The van der Waals surface area contributed by atoms with Crippen molar-refractivity contribution in [1.29, 1.82) is 0 Å². The quantitative estimate of drug-likeness (QED) is 0.323. The number of carbonyl (C=O) groups is 1. The highest BCUT2D eigenvalue weighted by atomic mass is 19.1. The summed E-state index contributed by atoms with van der Waals surface area (Å²) >= 11 is 0. The van der Waals surface area contributed by atoms with Crippen LogP contribution in [0.2, 0.25) is 0 Å². The third kappa shape index (κ3) is 4.31. The molecule has 2 aromatic carbocycles. The molecule has 0 saturated heterocycles. The van der Waals surface area contributed by atoms with E-state index in [2.05, 4.69) is 22.2 Å². The summed E-state index contributed by atoms with van der Waals surface area (Å²) in [7, 11) is 1.45. The molecule has 4 rings (SSSR count). The fourth-order valence-electron chi connectivity index (χ4n) is 3.97. The number of nitrogens with one attached hydrogen (secondary N) is 1. The average Bonchev–Trinajstić information content (AvgIpc) is 3.24. The van der Waals surface area contributed by atoms with Crippen molar-refractivity contribution in [3.8, 4) is 17.0 Å². The van der Waals surface area contributed by atoms with Crippen molar-refractivity contribution >= 4 is 22.9 Å². The fourth-order valence-corrected chi connectivity index (χ4v) is 3.97. The standard InChI is InChI=1S/C26H27FN4O2/c1-5-6-7-22(32)19-9-8-18(14-16(19)2)30-25-26-29-15-21(31(26)13-12-28-25)20-10-11-23(33-4)24(27)17(20)3/h8-15H,5-7H2,1-4H3,(H,28,30). The van der Waals surface area contributed by atoms with Crippen molar-refractivity contribution in [2.45, 2.75) is 40.0 Å². The number of imidazole rings is 1. The summed E-state index contributed by atoms with van der Waals surface area (Å²) in [6.45, 7) is 5.74. The Hall–Kier alpha value is -3.74. The first-order chi connectivity index (χ1) is 15.9. The lowest BCUT2D eigenvalue weighted by Crippen LogP contribution is -2.03. The number of halogens is 1. The summed E-state index contributed by atoms with van der Waals surface area (Å²) in [4.78, 5) is 21.4. The van der Waals surface area contributed by atoms with Gasteiger partial charge in [0.05, 0.1) is 19.0 Å². The van der Waals surface area contributed by atoms with Gasteiger partial charge in [0.1, 0.15) is 0 Å². The van der Waals surface area contributed by atoms with E-state index < -0.39 is 0 Å². The molecular weight excluding hydrogens is 419 g/mol. The van der Waals surface area contributed by atoms with Gasteiger partial charge < -0.3 is 10.1 Å². The summed E-state index contributed by atoms with van der Waals surface area (Å²) in [5.74, 6) is 0.559. The first-order valence-electron chi connectivity index (χ1n) is 11.0. The van der Waals surface area contributed by atoms with E-state index >= 15 is 0 Å². The molecule has 2 aromatic heterocycles. The van der Waals surface area contributed by atoms with Gasteiger partial charge in [-0.25, -0.2) is 14.4 Å². The smallest absolute Gasteiger partial charge is 0.180 e. The van der Waals surface area contributed by atoms with E-state index in [4.69, 9.17) is 4.74 Å². The number of aryl methyl sites for hydroxylation is 1. The number of hydrogen-bond acceptors (Lipinski definition) is 5. The van der Waals surface area contributed by atoms with Crippen LogP contribution >= 0.6 is 0 Å². The Kier molecular flexibility index (Phi) is 6.40. The highest BCUT2D eigenvalue weighted by Crippen LogP contribution is 2.32. The van der Waals surface area contributed by atoms with Crippen molar-refractivity contribution in [3.63, 3.8) is 0 Å². The van der Waals surface area contributed by atoms with Gasteiger partial charge in [-0.2, -0.15) is 0 Å². The summed E-state index contributed by atoms with van der Waals surface area (Å²) in [6, 6.07) is 9.12. The van der Waals surface area contributed by atoms with E-state index in [1.54, 1.807) is 31.6 Å². The van der Waals surface area contributed by atoms with Gasteiger partial charge in [0.2, 0.25) is 0 Å². The number of Topliss-reactive ketones (excluding diaryl/α,β-unsaturated/α-hetero) is 1. The second kappa shape index (κ2) is 9.40. The molecule has 0 atom stereocenters. The van der Waals surface area contributed by atoms with Crippen LogP contribution in [0.25, 0.3) is 16.9 Å². The highest BCUT2D eigenvalue weighted by molar-refractivity contribution is 5.97. The number of rotatable bonds is 8. The highest BCUT2D eigenvalue weighted by Gasteiger charge is 2.17. The van der Waals surface area contributed by atoms with Crippen LogP contribution in [-0.4, -0.2) is 27.3 Å². The topological polar surface area (TPSA) is 68.5 Å². The second-order valence-electron chi connectivity index (χ2n) is 8.05. The van der Waals surface area contributed by atoms with Gasteiger partial charge in [-0.3, -0.25) is 9.20 Å². The van der Waals surface area contributed by atoms with Crippen LogP contribution in [0.15, 0.2) is 48.9 Å². The van der Waals surface area contributed by atoms with Crippen LogP contribution in [0.5, 0.6) is 5.75 Å². The van der Waals surface area contributed by atoms with Gasteiger partial charge in [0.25, 0.3) is 0 Å². The molecule has 4 aromatic rings. The maximum absolute atomic E-state index is 14.6. The average molecular weight is 447 g/mol. The number of fused-ring (bicyclic) bond motifs is 1. The molecule has 0 aliphatic heterocycles. The lowest BCUT2D eigenvalue weighted by Gasteiger charge is -2.12. The van der Waals surface area contributed by atoms with Crippen molar-refractivity contribution in [2.75, 3.05) is 12.4 Å². The lowest BCUT2D eigenvalue weighted by molar-refractivity contribution is 0.0979. The first kappa shape index (κ1) is 22.5. The van der Waals surface area contributed by atoms with Gasteiger partial charge in [-0.15, -0.1) is 0 Å². The second-order valence-corrected chi connectivity index (χ2v) is 8.05. The third-order valence-corrected chi connectivity index (χ3v) is 5.82. The van der Waals surface area contributed by atoms with E-state index in [0.717, 1.165) is 40.9 Å². The number of nitrogens with zero attached hydrogens (tertiary/aromatic N) is 3.